The number of rotatable bonds is 11. The molecule has 3 aromatic carbocycles. The minimum atomic E-state index is -4.78. The van der Waals surface area contributed by atoms with Crippen LogP contribution in [0.15, 0.2) is 66.7 Å². The number of anilines is 2. The highest BCUT2D eigenvalue weighted by Crippen LogP contribution is 2.28. The summed E-state index contributed by atoms with van der Waals surface area (Å²) in [5.74, 6) is 1.64. The smallest absolute Gasteiger partial charge is 0.497 e. The van der Waals surface area contributed by atoms with E-state index in [1.807, 2.05) is 18.2 Å². The van der Waals surface area contributed by atoms with Gasteiger partial charge >= 0.3 is 12.4 Å². The topological polar surface area (TPSA) is 84.5 Å². The van der Waals surface area contributed by atoms with Crippen molar-refractivity contribution in [1.82, 2.24) is 10.2 Å². The van der Waals surface area contributed by atoms with Gasteiger partial charge in [0.05, 0.1) is 14.2 Å². The molecular formula is C29H33F3N4O5. The number of halogens is 3. The summed E-state index contributed by atoms with van der Waals surface area (Å²) in [5, 5.41) is 5.27. The maximum atomic E-state index is 12.3. The second kappa shape index (κ2) is 13.8. The first-order valence-corrected chi connectivity index (χ1v) is 13.0. The number of alkyl halides is 3. The summed E-state index contributed by atoms with van der Waals surface area (Å²) in [6.07, 6.45) is -4.78. The van der Waals surface area contributed by atoms with Gasteiger partial charge in [0, 0.05) is 50.6 Å². The molecule has 220 valence electrons. The molecule has 4 rings (SSSR count). The summed E-state index contributed by atoms with van der Waals surface area (Å²) in [6.45, 7) is 5.23. The molecule has 0 bridgehead atoms. The molecule has 0 radical (unpaired) electrons. The van der Waals surface area contributed by atoms with Gasteiger partial charge in [-0.15, -0.1) is 13.2 Å². The molecule has 2 amide bonds. The van der Waals surface area contributed by atoms with E-state index in [1.165, 1.54) is 17.8 Å². The van der Waals surface area contributed by atoms with Gasteiger partial charge in [0.15, 0.2) is 11.5 Å². The minimum Gasteiger partial charge on any atom is -0.497 e. The Balaban J connectivity index is 1.18. The molecule has 0 unspecified atom stereocenters. The summed E-state index contributed by atoms with van der Waals surface area (Å²) in [7, 11) is 3.21. The molecule has 1 aliphatic rings. The van der Waals surface area contributed by atoms with Crippen molar-refractivity contribution in [3.63, 3.8) is 0 Å². The SMILES string of the molecule is COc1ccc(N2CCN(CCOc3ccc(CNC(=O)Nc4ccc(OC(F)(F)F)cc4)cc3OC)CC2)cc1. The Kier molecular flexibility index (Phi) is 10.0. The first-order chi connectivity index (χ1) is 19.7. The van der Waals surface area contributed by atoms with Gasteiger partial charge in [0.2, 0.25) is 0 Å². The zero-order valence-corrected chi connectivity index (χ0v) is 22.9. The number of piperazine rings is 1. The number of nitrogens with zero attached hydrogens (tertiary/aromatic N) is 2. The molecule has 1 aliphatic heterocycles. The van der Waals surface area contributed by atoms with E-state index in [1.54, 1.807) is 26.4 Å². The lowest BCUT2D eigenvalue weighted by atomic mass is 10.2. The summed E-state index contributed by atoms with van der Waals surface area (Å²) in [5.41, 5.74) is 2.29. The Morgan fingerprint density at radius 3 is 2.17 bits per heavy atom. The normalized spacial score (nSPS) is 13.8. The van der Waals surface area contributed by atoms with Crippen molar-refractivity contribution in [3.8, 4) is 23.0 Å². The Morgan fingerprint density at radius 2 is 1.54 bits per heavy atom. The predicted molar refractivity (Wildman–Crippen MR) is 149 cm³/mol. The second-order valence-electron chi connectivity index (χ2n) is 9.24. The maximum Gasteiger partial charge on any atom is 0.573 e. The van der Waals surface area contributed by atoms with Crippen molar-refractivity contribution in [2.75, 3.05) is 63.8 Å². The molecule has 1 fully saturated rings. The molecule has 0 aromatic heterocycles. The number of amides is 2. The maximum absolute atomic E-state index is 12.3. The Labute approximate surface area is 236 Å². The third kappa shape index (κ3) is 9.10. The molecule has 0 atom stereocenters. The van der Waals surface area contributed by atoms with Crippen LogP contribution in [0, 0.1) is 0 Å². The number of methoxy groups -OCH3 is 2. The Bertz CT molecular complexity index is 1260. The quantitative estimate of drug-likeness (QED) is 0.329. The molecule has 3 aromatic rings. The summed E-state index contributed by atoms with van der Waals surface area (Å²) in [4.78, 5) is 17.0. The van der Waals surface area contributed by atoms with Gasteiger partial charge in [-0.1, -0.05) is 6.07 Å². The number of carbonyl (C=O) groups excluding carboxylic acids is 1. The summed E-state index contributed by atoms with van der Waals surface area (Å²) < 4.78 is 57.4. The number of urea groups is 1. The molecule has 1 heterocycles. The van der Waals surface area contributed by atoms with E-state index < -0.39 is 12.4 Å². The van der Waals surface area contributed by atoms with Gasteiger partial charge in [0.25, 0.3) is 0 Å². The zero-order valence-electron chi connectivity index (χ0n) is 22.9. The van der Waals surface area contributed by atoms with Crippen LogP contribution in [0.2, 0.25) is 0 Å². The lowest BCUT2D eigenvalue weighted by Gasteiger charge is -2.36. The van der Waals surface area contributed by atoms with Crippen LogP contribution >= 0.6 is 0 Å². The average Bonchev–Trinajstić information content (AvgIpc) is 2.97. The van der Waals surface area contributed by atoms with Gasteiger partial charge in [-0.25, -0.2) is 4.79 Å². The van der Waals surface area contributed by atoms with Crippen LogP contribution in [0.4, 0.5) is 29.3 Å². The van der Waals surface area contributed by atoms with Crippen molar-refractivity contribution < 1.29 is 36.9 Å². The molecule has 0 saturated carbocycles. The minimum absolute atomic E-state index is 0.205. The van der Waals surface area contributed by atoms with Crippen LogP contribution < -0.4 is 34.5 Å². The zero-order chi connectivity index (χ0) is 29.2. The summed E-state index contributed by atoms with van der Waals surface area (Å²) >= 11 is 0. The average molecular weight is 575 g/mol. The molecular weight excluding hydrogens is 541 g/mol. The van der Waals surface area contributed by atoms with Gasteiger partial charge < -0.3 is 34.5 Å². The van der Waals surface area contributed by atoms with Gasteiger partial charge in [-0.2, -0.15) is 0 Å². The Morgan fingerprint density at radius 1 is 0.854 bits per heavy atom. The van der Waals surface area contributed by atoms with Crippen LogP contribution in [0.3, 0.4) is 0 Å². The van der Waals surface area contributed by atoms with Crippen LogP contribution in [-0.2, 0) is 6.54 Å². The Hall–Kier alpha value is -4.32. The largest absolute Gasteiger partial charge is 0.573 e. The fourth-order valence-corrected chi connectivity index (χ4v) is 4.35. The third-order valence-electron chi connectivity index (χ3n) is 6.50. The van der Waals surface area contributed by atoms with Crippen LogP contribution in [0.1, 0.15) is 5.56 Å². The lowest BCUT2D eigenvalue weighted by Crippen LogP contribution is -2.47. The first kappa shape index (κ1) is 29.7. The number of benzene rings is 3. The van der Waals surface area contributed by atoms with Crippen molar-refractivity contribution in [2.24, 2.45) is 0 Å². The van der Waals surface area contributed by atoms with E-state index in [0.29, 0.717) is 23.8 Å². The van der Waals surface area contributed by atoms with E-state index >= 15 is 0 Å². The van der Waals surface area contributed by atoms with E-state index in [9.17, 15) is 18.0 Å². The van der Waals surface area contributed by atoms with Crippen molar-refractivity contribution in [1.29, 1.82) is 0 Å². The molecule has 9 nitrogen and oxygen atoms in total. The van der Waals surface area contributed by atoms with Gasteiger partial charge in [-0.05, 0) is 66.2 Å². The van der Waals surface area contributed by atoms with E-state index in [4.69, 9.17) is 14.2 Å². The van der Waals surface area contributed by atoms with Crippen molar-refractivity contribution in [3.05, 3.63) is 72.3 Å². The number of carbonyl (C=O) groups is 1. The monoisotopic (exact) mass is 574 g/mol. The highest BCUT2D eigenvalue weighted by molar-refractivity contribution is 5.89. The molecule has 0 spiro atoms. The molecule has 1 saturated heterocycles. The molecule has 2 N–H and O–H groups in total. The van der Waals surface area contributed by atoms with Crippen LogP contribution in [0.5, 0.6) is 23.0 Å². The van der Waals surface area contributed by atoms with Crippen molar-refractivity contribution >= 4 is 17.4 Å². The van der Waals surface area contributed by atoms with E-state index in [2.05, 4.69) is 37.3 Å². The number of nitrogens with one attached hydrogen (secondary N) is 2. The van der Waals surface area contributed by atoms with E-state index in [0.717, 1.165) is 56.2 Å². The fraction of sp³-hybridized carbons (Fsp3) is 0.345. The van der Waals surface area contributed by atoms with Crippen molar-refractivity contribution in [2.45, 2.75) is 12.9 Å². The number of hydrogen-bond acceptors (Lipinski definition) is 7. The van der Waals surface area contributed by atoms with Gasteiger partial charge in [-0.3, -0.25) is 4.90 Å². The third-order valence-corrected chi connectivity index (χ3v) is 6.50. The standard InChI is InChI=1S/C29H33F3N4O5/c1-38-24-10-6-23(7-11-24)36-15-13-35(14-16-36)17-18-40-26-12-3-21(19-27(26)39-2)20-33-28(37)34-22-4-8-25(9-5-22)41-29(30,31)32/h3-12,19H,13-18,20H2,1-2H3,(H2,33,34,37). The number of hydrogen-bond donors (Lipinski definition) is 2. The highest BCUT2D eigenvalue weighted by Gasteiger charge is 2.31. The second-order valence-corrected chi connectivity index (χ2v) is 9.24. The molecule has 41 heavy (non-hydrogen) atoms. The number of ether oxygens (including phenoxy) is 4. The fourth-order valence-electron chi connectivity index (χ4n) is 4.35. The lowest BCUT2D eigenvalue weighted by molar-refractivity contribution is -0.274. The highest BCUT2D eigenvalue weighted by atomic mass is 19.4. The molecule has 12 heteroatoms. The molecule has 0 aliphatic carbocycles. The first-order valence-electron chi connectivity index (χ1n) is 13.0. The van der Waals surface area contributed by atoms with Gasteiger partial charge in [0.1, 0.15) is 18.1 Å². The van der Waals surface area contributed by atoms with Crippen LogP contribution in [0.25, 0.3) is 0 Å². The predicted octanol–water partition coefficient (Wildman–Crippen LogP) is 5.13. The van der Waals surface area contributed by atoms with Crippen LogP contribution in [-0.4, -0.2) is 70.8 Å². The summed E-state index contributed by atoms with van der Waals surface area (Å²) in [6, 6.07) is 17.9. The van der Waals surface area contributed by atoms with E-state index in [-0.39, 0.29) is 12.3 Å².